The molecule has 30 heavy (non-hydrogen) atoms. The minimum Gasteiger partial charge on any atom is -0.493 e. The molecule has 3 rings (SSSR count). The second kappa shape index (κ2) is 9.65. The highest BCUT2D eigenvalue weighted by Gasteiger charge is 2.12. The lowest BCUT2D eigenvalue weighted by Gasteiger charge is -2.12. The molecule has 0 aliphatic heterocycles. The summed E-state index contributed by atoms with van der Waals surface area (Å²) in [6.07, 6.45) is 2.93. The maximum absolute atomic E-state index is 12.1. The van der Waals surface area contributed by atoms with Gasteiger partial charge in [-0.05, 0) is 30.7 Å². The standard InChI is InChI=1S/C23H23NO6/c1-15-5-8-17(9-6-15)19-13-18(24-30-19)14-29-22(25)10-7-16-11-20(26-2)23(28-4)21(12-16)27-3/h5-13H,14H2,1-4H3/b10-7-. The lowest BCUT2D eigenvalue weighted by atomic mass is 10.1. The fourth-order valence-electron chi connectivity index (χ4n) is 2.79. The molecule has 0 saturated carbocycles. The summed E-state index contributed by atoms with van der Waals surface area (Å²) in [6, 6.07) is 13.1. The SMILES string of the molecule is COc1cc(/C=C\C(=O)OCc2cc(-c3ccc(C)cc3)on2)cc(OC)c1OC. The quantitative estimate of drug-likeness (QED) is 0.402. The van der Waals surface area contributed by atoms with Gasteiger partial charge in [-0.1, -0.05) is 35.0 Å². The van der Waals surface area contributed by atoms with Crippen LogP contribution in [0.5, 0.6) is 17.2 Å². The van der Waals surface area contributed by atoms with Gasteiger partial charge in [0.2, 0.25) is 5.75 Å². The minimum atomic E-state index is -0.511. The molecule has 7 heteroatoms. The van der Waals surface area contributed by atoms with Gasteiger partial charge in [-0.3, -0.25) is 0 Å². The summed E-state index contributed by atoms with van der Waals surface area (Å²) >= 11 is 0. The third-order valence-corrected chi connectivity index (χ3v) is 4.36. The van der Waals surface area contributed by atoms with Crippen molar-refractivity contribution in [2.45, 2.75) is 13.5 Å². The number of rotatable bonds is 8. The largest absolute Gasteiger partial charge is 0.493 e. The zero-order valence-electron chi connectivity index (χ0n) is 17.3. The molecule has 7 nitrogen and oxygen atoms in total. The summed E-state index contributed by atoms with van der Waals surface area (Å²) in [5.41, 5.74) is 3.30. The molecular weight excluding hydrogens is 386 g/mol. The van der Waals surface area contributed by atoms with Crippen LogP contribution in [0.1, 0.15) is 16.8 Å². The zero-order valence-corrected chi connectivity index (χ0v) is 17.3. The fraction of sp³-hybridized carbons (Fsp3) is 0.217. The van der Waals surface area contributed by atoms with E-state index in [1.165, 1.54) is 27.4 Å². The van der Waals surface area contributed by atoms with Crippen molar-refractivity contribution >= 4 is 12.0 Å². The summed E-state index contributed by atoms with van der Waals surface area (Å²) in [7, 11) is 4.59. The van der Waals surface area contributed by atoms with Crippen LogP contribution in [-0.2, 0) is 16.1 Å². The normalized spacial score (nSPS) is 10.8. The Kier molecular flexibility index (Phi) is 6.75. The van der Waals surface area contributed by atoms with E-state index in [4.69, 9.17) is 23.5 Å². The van der Waals surface area contributed by atoms with Crippen molar-refractivity contribution in [1.82, 2.24) is 5.16 Å². The number of hydrogen-bond donors (Lipinski definition) is 0. The van der Waals surface area contributed by atoms with Gasteiger partial charge in [0.1, 0.15) is 12.3 Å². The van der Waals surface area contributed by atoms with Crippen molar-refractivity contribution < 1.29 is 28.3 Å². The van der Waals surface area contributed by atoms with E-state index in [1.807, 2.05) is 31.2 Å². The van der Waals surface area contributed by atoms with Gasteiger partial charge >= 0.3 is 5.97 Å². The smallest absolute Gasteiger partial charge is 0.331 e. The van der Waals surface area contributed by atoms with Crippen molar-refractivity contribution in [2.75, 3.05) is 21.3 Å². The number of aromatic nitrogens is 1. The number of carbonyl (C=O) groups is 1. The van der Waals surface area contributed by atoms with E-state index < -0.39 is 5.97 Å². The van der Waals surface area contributed by atoms with Crippen molar-refractivity contribution in [3.8, 4) is 28.6 Å². The van der Waals surface area contributed by atoms with E-state index in [0.29, 0.717) is 34.3 Å². The van der Waals surface area contributed by atoms with Crippen LogP contribution in [0.15, 0.2) is 53.1 Å². The molecule has 0 aliphatic rings. The number of methoxy groups -OCH3 is 3. The molecule has 0 unspecified atom stereocenters. The van der Waals surface area contributed by atoms with Gasteiger partial charge < -0.3 is 23.5 Å². The maximum Gasteiger partial charge on any atom is 0.331 e. The minimum absolute atomic E-state index is 0.00773. The van der Waals surface area contributed by atoms with Crippen LogP contribution in [0.3, 0.4) is 0 Å². The average molecular weight is 409 g/mol. The molecule has 2 aromatic carbocycles. The highest BCUT2D eigenvalue weighted by atomic mass is 16.5. The number of aryl methyl sites for hydroxylation is 1. The predicted octanol–water partition coefficient (Wildman–Crippen LogP) is 4.43. The predicted molar refractivity (Wildman–Crippen MR) is 112 cm³/mol. The Morgan fingerprint density at radius 2 is 1.67 bits per heavy atom. The van der Waals surface area contributed by atoms with Crippen LogP contribution in [0, 0.1) is 6.92 Å². The van der Waals surface area contributed by atoms with Crippen molar-refractivity contribution in [2.24, 2.45) is 0 Å². The number of esters is 1. The number of carbonyl (C=O) groups excluding carboxylic acids is 1. The molecular formula is C23H23NO6. The van der Waals surface area contributed by atoms with Crippen LogP contribution in [-0.4, -0.2) is 32.5 Å². The van der Waals surface area contributed by atoms with E-state index in [2.05, 4.69) is 5.16 Å². The van der Waals surface area contributed by atoms with Gasteiger partial charge in [-0.15, -0.1) is 0 Å². The van der Waals surface area contributed by atoms with Crippen molar-refractivity contribution in [3.63, 3.8) is 0 Å². The molecule has 0 atom stereocenters. The molecule has 0 saturated heterocycles. The first-order valence-electron chi connectivity index (χ1n) is 9.21. The van der Waals surface area contributed by atoms with Gasteiger partial charge in [-0.25, -0.2) is 4.79 Å². The molecule has 0 amide bonds. The molecule has 0 fully saturated rings. The molecule has 0 N–H and O–H groups in total. The monoisotopic (exact) mass is 409 g/mol. The van der Waals surface area contributed by atoms with Gasteiger partial charge in [0.15, 0.2) is 17.3 Å². The Balaban J connectivity index is 1.62. The molecule has 156 valence electrons. The molecule has 3 aromatic rings. The third kappa shape index (κ3) is 5.00. The van der Waals surface area contributed by atoms with Crippen molar-refractivity contribution in [1.29, 1.82) is 0 Å². The van der Waals surface area contributed by atoms with Crippen LogP contribution < -0.4 is 14.2 Å². The molecule has 1 heterocycles. The fourth-order valence-corrected chi connectivity index (χ4v) is 2.79. The number of nitrogens with zero attached hydrogens (tertiary/aromatic N) is 1. The highest BCUT2D eigenvalue weighted by molar-refractivity contribution is 5.87. The van der Waals surface area contributed by atoms with Crippen LogP contribution in [0.25, 0.3) is 17.4 Å². The Hall–Kier alpha value is -3.74. The Morgan fingerprint density at radius 3 is 2.27 bits per heavy atom. The van der Waals surface area contributed by atoms with E-state index in [0.717, 1.165) is 11.1 Å². The summed E-state index contributed by atoms with van der Waals surface area (Å²) in [6.45, 7) is 2.02. The zero-order chi connectivity index (χ0) is 21.5. The Morgan fingerprint density at radius 1 is 1.00 bits per heavy atom. The highest BCUT2D eigenvalue weighted by Crippen LogP contribution is 2.38. The number of hydrogen-bond acceptors (Lipinski definition) is 7. The Labute approximate surface area is 174 Å². The molecule has 0 spiro atoms. The summed E-state index contributed by atoms with van der Waals surface area (Å²) in [4.78, 5) is 12.1. The Bertz CT molecular complexity index is 1010. The van der Waals surface area contributed by atoms with Gasteiger partial charge in [0.25, 0.3) is 0 Å². The van der Waals surface area contributed by atoms with E-state index in [-0.39, 0.29) is 6.61 Å². The second-order valence-corrected chi connectivity index (χ2v) is 6.45. The van der Waals surface area contributed by atoms with Crippen LogP contribution in [0.4, 0.5) is 0 Å². The maximum atomic E-state index is 12.1. The second-order valence-electron chi connectivity index (χ2n) is 6.45. The van der Waals surface area contributed by atoms with Gasteiger partial charge in [0.05, 0.1) is 21.3 Å². The van der Waals surface area contributed by atoms with Crippen LogP contribution >= 0.6 is 0 Å². The average Bonchev–Trinajstić information content (AvgIpc) is 3.24. The lowest BCUT2D eigenvalue weighted by molar-refractivity contribution is -0.139. The molecule has 0 bridgehead atoms. The summed E-state index contributed by atoms with van der Waals surface area (Å²) in [5.74, 6) is 1.58. The topological polar surface area (TPSA) is 80.0 Å². The lowest BCUT2D eigenvalue weighted by Crippen LogP contribution is -2.01. The van der Waals surface area contributed by atoms with Gasteiger partial charge in [0, 0.05) is 17.7 Å². The van der Waals surface area contributed by atoms with E-state index in [9.17, 15) is 4.79 Å². The first-order chi connectivity index (χ1) is 14.5. The summed E-state index contributed by atoms with van der Waals surface area (Å²) in [5, 5.41) is 3.95. The van der Waals surface area contributed by atoms with E-state index >= 15 is 0 Å². The molecule has 1 aromatic heterocycles. The van der Waals surface area contributed by atoms with Crippen molar-refractivity contribution in [3.05, 3.63) is 65.4 Å². The summed E-state index contributed by atoms with van der Waals surface area (Å²) < 4.78 is 26.5. The first-order valence-corrected chi connectivity index (χ1v) is 9.21. The molecule has 0 radical (unpaired) electrons. The number of benzene rings is 2. The number of ether oxygens (including phenoxy) is 4. The van der Waals surface area contributed by atoms with E-state index in [1.54, 1.807) is 24.3 Å². The van der Waals surface area contributed by atoms with Gasteiger partial charge in [-0.2, -0.15) is 0 Å². The first kappa shape index (κ1) is 21.0. The third-order valence-electron chi connectivity index (χ3n) is 4.36. The van der Waals surface area contributed by atoms with Crippen LogP contribution in [0.2, 0.25) is 0 Å². The molecule has 0 aliphatic carbocycles.